The third-order valence-corrected chi connectivity index (χ3v) is 6.70. The molecule has 0 radical (unpaired) electrons. The standard InChI is InChI=1S/C12H15N3O4S2/c13-4-1-5-14-6-8-15(9-7-14)21(18,19)11-3-2-10(20-11)12(16)17/h2-3H,1,5-9H2,(H,16,17). The zero-order valence-corrected chi connectivity index (χ0v) is 12.9. The molecule has 9 heteroatoms. The molecule has 0 saturated carbocycles. The number of hydrogen-bond donors (Lipinski definition) is 1. The van der Waals surface area contributed by atoms with Gasteiger partial charge in [-0.3, -0.25) is 4.90 Å². The van der Waals surface area contributed by atoms with Crippen molar-refractivity contribution in [2.45, 2.75) is 10.6 Å². The molecular weight excluding hydrogens is 314 g/mol. The SMILES string of the molecule is N#CCCN1CCN(S(=O)(=O)c2ccc(C(=O)O)s2)CC1. The minimum atomic E-state index is -3.62. The number of nitriles is 1. The summed E-state index contributed by atoms with van der Waals surface area (Å²) in [6, 6.07) is 4.72. The Morgan fingerprint density at radius 3 is 2.52 bits per heavy atom. The molecule has 1 fully saturated rings. The van der Waals surface area contributed by atoms with Crippen LogP contribution in [0.5, 0.6) is 0 Å². The summed E-state index contributed by atoms with van der Waals surface area (Å²) in [6.07, 6.45) is 0.430. The van der Waals surface area contributed by atoms with Crippen LogP contribution in [-0.4, -0.2) is 61.4 Å². The number of aromatic carboxylic acids is 1. The van der Waals surface area contributed by atoms with Crippen LogP contribution in [0.2, 0.25) is 0 Å². The summed E-state index contributed by atoms with van der Waals surface area (Å²) in [4.78, 5) is 12.9. The van der Waals surface area contributed by atoms with Crippen molar-refractivity contribution in [1.29, 1.82) is 5.26 Å². The molecular formula is C12H15N3O4S2. The lowest BCUT2D eigenvalue weighted by atomic mass is 10.3. The molecule has 114 valence electrons. The number of sulfonamides is 1. The highest BCUT2D eigenvalue weighted by Crippen LogP contribution is 2.25. The van der Waals surface area contributed by atoms with Crippen molar-refractivity contribution in [3.05, 3.63) is 17.0 Å². The van der Waals surface area contributed by atoms with Crippen LogP contribution in [0.25, 0.3) is 0 Å². The summed E-state index contributed by atoms with van der Waals surface area (Å²) in [7, 11) is -3.62. The van der Waals surface area contributed by atoms with Gasteiger partial charge in [-0.15, -0.1) is 11.3 Å². The molecule has 0 aromatic carbocycles. The Labute approximate surface area is 127 Å². The fourth-order valence-corrected chi connectivity index (χ4v) is 4.82. The van der Waals surface area contributed by atoms with E-state index in [0.717, 1.165) is 11.3 Å². The first kappa shape index (κ1) is 15.9. The van der Waals surface area contributed by atoms with Crippen molar-refractivity contribution in [2.75, 3.05) is 32.7 Å². The molecule has 0 bridgehead atoms. The van der Waals surface area contributed by atoms with Gasteiger partial charge in [-0.05, 0) is 12.1 Å². The van der Waals surface area contributed by atoms with E-state index in [-0.39, 0.29) is 9.09 Å². The Hall–Kier alpha value is -1.47. The first-order valence-electron chi connectivity index (χ1n) is 6.37. The Morgan fingerprint density at radius 2 is 2.00 bits per heavy atom. The number of hydrogen-bond acceptors (Lipinski definition) is 6. The molecule has 1 aromatic heterocycles. The summed E-state index contributed by atoms with van der Waals surface area (Å²) >= 11 is 0.770. The molecule has 1 aliphatic rings. The second-order valence-electron chi connectivity index (χ2n) is 4.58. The van der Waals surface area contributed by atoms with E-state index in [0.29, 0.717) is 39.1 Å². The van der Waals surface area contributed by atoms with Gasteiger partial charge in [-0.25, -0.2) is 13.2 Å². The maximum Gasteiger partial charge on any atom is 0.345 e. The number of carbonyl (C=O) groups is 1. The zero-order chi connectivity index (χ0) is 15.5. The average molecular weight is 329 g/mol. The van der Waals surface area contributed by atoms with Gasteiger partial charge < -0.3 is 5.11 Å². The van der Waals surface area contributed by atoms with Gasteiger partial charge in [0.05, 0.1) is 6.07 Å². The minimum Gasteiger partial charge on any atom is -0.477 e. The summed E-state index contributed by atoms with van der Waals surface area (Å²) in [6.45, 7) is 2.52. The lowest BCUT2D eigenvalue weighted by Crippen LogP contribution is -2.48. The first-order valence-corrected chi connectivity index (χ1v) is 8.63. The number of carboxylic acids is 1. The monoisotopic (exact) mass is 329 g/mol. The van der Waals surface area contributed by atoms with E-state index in [4.69, 9.17) is 10.4 Å². The molecule has 0 aliphatic carbocycles. The number of nitrogens with zero attached hydrogens (tertiary/aromatic N) is 3. The minimum absolute atomic E-state index is 0.0150. The van der Waals surface area contributed by atoms with Gasteiger partial charge >= 0.3 is 5.97 Å². The highest BCUT2D eigenvalue weighted by Gasteiger charge is 2.30. The van der Waals surface area contributed by atoms with E-state index < -0.39 is 16.0 Å². The van der Waals surface area contributed by atoms with Crippen LogP contribution in [-0.2, 0) is 10.0 Å². The van der Waals surface area contributed by atoms with Gasteiger partial charge in [-0.2, -0.15) is 9.57 Å². The van der Waals surface area contributed by atoms with E-state index in [9.17, 15) is 13.2 Å². The highest BCUT2D eigenvalue weighted by atomic mass is 32.2. The van der Waals surface area contributed by atoms with Gasteiger partial charge in [0, 0.05) is 39.1 Å². The fourth-order valence-electron chi connectivity index (χ4n) is 2.10. The third-order valence-electron chi connectivity index (χ3n) is 3.26. The number of thiophene rings is 1. The molecule has 0 amide bonds. The average Bonchev–Trinajstić information content (AvgIpc) is 2.96. The maximum atomic E-state index is 12.4. The van der Waals surface area contributed by atoms with E-state index >= 15 is 0 Å². The second-order valence-corrected chi connectivity index (χ2v) is 7.83. The molecule has 21 heavy (non-hydrogen) atoms. The highest BCUT2D eigenvalue weighted by molar-refractivity contribution is 7.91. The van der Waals surface area contributed by atoms with E-state index in [1.54, 1.807) is 0 Å². The van der Waals surface area contributed by atoms with E-state index in [1.165, 1.54) is 16.4 Å². The largest absolute Gasteiger partial charge is 0.477 e. The molecule has 1 aliphatic heterocycles. The molecule has 1 saturated heterocycles. The predicted octanol–water partition coefficient (Wildman–Crippen LogP) is 0.666. The van der Waals surface area contributed by atoms with Crippen LogP contribution in [0.4, 0.5) is 0 Å². The quantitative estimate of drug-likeness (QED) is 0.852. The van der Waals surface area contributed by atoms with Gasteiger partial charge in [0.2, 0.25) is 0 Å². The zero-order valence-electron chi connectivity index (χ0n) is 11.2. The van der Waals surface area contributed by atoms with Crippen molar-refractivity contribution >= 4 is 27.3 Å². The molecule has 0 atom stereocenters. The predicted molar refractivity (Wildman–Crippen MR) is 76.7 cm³/mol. The van der Waals surface area contributed by atoms with Gasteiger partial charge in [-0.1, -0.05) is 0 Å². The summed E-state index contributed by atoms with van der Waals surface area (Å²) in [5.41, 5.74) is 0. The van der Waals surface area contributed by atoms with Crippen molar-refractivity contribution in [3.63, 3.8) is 0 Å². The Kier molecular flexibility index (Phi) is 4.95. The fraction of sp³-hybridized carbons (Fsp3) is 0.500. The van der Waals surface area contributed by atoms with Gasteiger partial charge in [0.1, 0.15) is 9.09 Å². The van der Waals surface area contributed by atoms with Crippen LogP contribution >= 0.6 is 11.3 Å². The van der Waals surface area contributed by atoms with Crippen molar-refractivity contribution in [1.82, 2.24) is 9.21 Å². The lowest BCUT2D eigenvalue weighted by molar-refractivity contribution is 0.0702. The van der Waals surface area contributed by atoms with Crippen molar-refractivity contribution in [3.8, 4) is 6.07 Å². The Balaban J connectivity index is 2.04. The van der Waals surface area contributed by atoms with E-state index in [1.807, 2.05) is 4.90 Å². The van der Waals surface area contributed by atoms with Crippen LogP contribution in [0.15, 0.2) is 16.3 Å². The van der Waals surface area contributed by atoms with Crippen molar-refractivity contribution < 1.29 is 18.3 Å². The summed E-state index contributed by atoms with van der Waals surface area (Å²) in [5, 5.41) is 17.4. The summed E-state index contributed by atoms with van der Waals surface area (Å²) < 4.78 is 26.3. The Bertz CT molecular complexity index is 654. The topological polar surface area (TPSA) is 102 Å². The molecule has 0 unspecified atom stereocenters. The number of carboxylic acid groups (broad SMARTS) is 1. The molecule has 7 nitrogen and oxygen atoms in total. The van der Waals surface area contributed by atoms with Crippen LogP contribution in [0.3, 0.4) is 0 Å². The number of rotatable bonds is 5. The smallest absolute Gasteiger partial charge is 0.345 e. The Morgan fingerprint density at radius 1 is 1.33 bits per heavy atom. The lowest BCUT2D eigenvalue weighted by Gasteiger charge is -2.33. The molecule has 1 N–H and O–H groups in total. The van der Waals surface area contributed by atoms with E-state index in [2.05, 4.69) is 6.07 Å². The van der Waals surface area contributed by atoms with Crippen LogP contribution in [0.1, 0.15) is 16.1 Å². The molecule has 2 heterocycles. The molecule has 1 aromatic rings. The first-order chi connectivity index (χ1) is 9.95. The number of piperazine rings is 1. The van der Waals surface area contributed by atoms with Crippen LogP contribution in [0, 0.1) is 11.3 Å². The maximum absolute atomic E-state index is 12.4. The molecule has 2 rings (SSSR count). The second kappa shape index (κ2) is 6.53. The third kappa shape index (κ3) is 3.59. The van der Waals surface area contributed by atoms with Crippen molar-refractivity contribution in [2.24, 2.45) is 0 Å². The molecule has 0 spiro atoms. The van der Waals surface area contributed by atoms with Gasteiger partial charge in [0.15, 0.2) is 0 Å². The normalized spacial score (nSPS) is 17.5. The van der Waals surface area contributed by atoms with Crippen LogP contribution < -0.4 is 0 Å². The summed E-state index contributed by atoms with van der Waals surface area (Å²) in [5.74, 6) is -1.12. The van der Waals surface area contributed by atoms with Gasteiger partial charge in [0.25, 0.3) is 10.0 Å².